The minimum absolute atomic E-state index is 0.338. The molecule has 0 unspecified atom stereocenters. The van der Waals surface area contributed by atoms with Crippen LogP contribution in [-0.2, 0) is 4.74 Å². The Hall–Kier alpha value is -1.61. The van der Waals surface area contributed by atoms with E-state index < -0.39 is 0 Å². The van der Waals surface area contributed by atoms with Crippen LogP contribution < -0.4 is 5.32 Å². The molecule has 0 aromatic heterocycles. The molecule has 130 valence electrons. The van der Waals surface area contributed by atoms with E-state index in [0.29, 0.717) is 13.2 Å². The second-order valence-electron chi connectivity index (χ2n) is 5.60. The SMILES string of the molecule is CCCCCCCCCC#CC#CCCCCOC(=O)NCC. The van der Waals surface area contributed by atoms with Crippen LogP contribution in [0.4, 0.5) is 4.79 Å². The second kappa shape index (κ2) is 18.4. The Morgan fingerprint density at radius 2 is 1.39 bits per heavy atom. The third kappa shape index (κ3) is 18.3. The molecule has 0 rings (SSSR count). The van der Waals surface area contributed by atoms with Gasteiger partial charge in [-0.3, -0.25) is 0 Å². The molecule has 1 amide bonds. The Morgan fingerprint density at radius 1 is 0.826 bits per heavy atom. The summed E-state index contributed by atoms with van der Waals surface area (Å²) in [4.78, 5) is 11.0. The van der Waals surface area contributed by atoms with Gasteiger partial charge in [0.15, 0.2) is 0 Å². The first kappa shape index (κ1) is 21.4. The summed E-state index contributed by atoms with van der Waals surface area (Å²) in [6.07, 6.45) is 12.5. The zero-order valence-corrected chi connectivity index (χ0v) is 15.0. The fourth-order valence-electron chi connectivity index (χ4n) is 2.06. The number of carbonyl (C=O) groups is 1. The molecule has 0 aliphatic carbocycles. The van der Waals surface area contributed by atoms with Gasteiger partial charge < -0.3 is 10.1 Å². The summed E-state index contributed by atoms with van der Waals surface area (Å²) in [5.74, 6) is 12.0. The van der Waals surface area contributed by atoms with E-state index in [1.165, 1.54) is 44.9 Å². The lowest BCUT2D eigenvalue weighted by atomic mass is 10.1. The van der Waals surface area contributed by atoms with Crippen molar-refractivity contribution in [2.45, 2.75) is 84.5 Å². The average molecular weight is 319 g/mol. The zero-order valence-electron chi connectivity index (χ0n) is 15.0. The number of hydrogen-bond acceptors (Lipinski definition) is 2. The van der Waals surface area contributed by atoms with E-state index in [0.717, 1.165) is 25.7 Å². The van der Waals surface area contributed by atoms with E-state index in [9.17, 15) is 4.79 Å². The Bertz CT molecular complexity index is 395. The lowest BCUT2D eigenvalue weighted by Gasteiger charge is -2.03. The average Bonchev–Trinajstić information content (AvgIpc) is 2.54. The maximum atomic E-state index is 11.0. The molecule has 0 aliphatic heterocycles. The van der Waals surface area contributed by atoms with E-state index >= 15 is 0 Å². The van der Waals surface area contributed by atoms with Gasteiger partial charge in [-0.1, -0.05) is 57.3 Å². The summed E-state index contributed by atoms with van der Waals surface area (Å²) >= 11 is 0. The molecule has 3 heteroatoms. The van der Waals surface area contributed by atoms with Crippen molar-refractivity contribution in [2.75, 3.05) is 13.2 Å². The molecule has 3 nitrogen and oxygen atoms in total. The highest BCUT2D eigenvalue weighted by molar-refractivity contribution is 5.66. The normalized spacial score (nSPS) is 9.30. The molecular weight excluding hydrogens is 286 g/mol. The van der Waals surface area contributed by atoms with Crippen molar-refractivity contribution >= 4 is 6.09 Å². The van der Waals surface area contributed by atoms with Gasteiger partial charge in [-0.25, -0.2) is 4.79 Å². The number of carbonyl (C=O) groups excluding carboxylic acids is 1. The molecule has 0 aliphatic rings. The van der Waals surface area contributed by atoms with Crippen molar-refractivity contribution in [3.05, 3.63) is 0 Å². The van der Waals surface area contributed by atoms with Gasteiger partial charge in [-0.15, -0.1) is 0 Å². The van der Waals surface area contributed by atoms with Crippen molar-refractivity contribution in [1.82, 2.24) is 5.32 Å². The number of rotatable bonds is 12. The topological polar surface area (TPSA) is 38.3 Å². The molecule has 0 saturated heterocycles. The van der Waals surface area contributed by atoms with Crippen LogP contribution in [0.2, 0.25) is 0 Å². The number of amides is 1. The lowest BCUT2D eigenvalue weighted by Crippen LogP contribution is -2.23. The van der Waals surface area contributed by atoms with Gasteiger partial charge in [-0.2, -0.15) is 0 Å². The van der Waals surface area contributed by atoms with Gasteiger partial charge in [0.25, 0.3) is 0 Å². The maximum absolute atomic E-state index is 11.0. The van der Waals surface area contributed by atoms with Crippen LogP contribution in [0.25, 0.3) is 0 Å². The number of alkyl carbamates (subject to hydrolysis) is 1. The van der Waals surface area contributed by atoms with Gasteiger partial charge in [0.1, 0.15) is 0 Å². The van der Waals surface area contributed by atoms with Crippen LogP contribution in [0, 0.1) is 23.7 Å². The molecule has 0 aromatic carbocycles. The number of hydrogen-bond donors (Lipinski definition) is 1. The predicted octanol–water partition coefficient (Wildman–Crippen LogP) is 5.05. The van der Waals surface area contributed by atoms with E-state index in [1.807, 2.05) is 6.92 Å². The van der Waals surface area contributed by atoms with E-state index in [2.05, 4.69) is 35.9 Å². The smallest absolute Gasteiger partial charge is 0.407 e. The highest BCUT2D eigenvalue weighted by Gasteiger charge is 1.97. The quantitative estimate of drug-likeness (QED) is 0.404. The number of nitrogens with one attached hydrogen (secondary N) is 1. The van der Waals surface area contributed by atoms with Gasteiger partial charge in [-0.05, 0) is 38.0 Å². The van der Waals surface area contributed by atoms with E-state index in [1.54, 1.807) is 0 Å². The van der Waals surface area contributed by atoms with E-state index in [-0.39, 0.29) is 6.09 Å². The largest absolute Gasteiger partial charge is 0.450 e. The second-order valence-corrected chi connectivity index (χ2v) is 5.60. The van der Waals surface area contributed by atoms with Crippen molar-refractivity contribution in [3.63, 3.8) is 0 Å². The van der Waals surface area contributed by atoms with Crippen molar-refractivity contribution in [1.29, 1.82) is 0 Å². The molecule has 0 fully saturated rings. The van der Waals surface area contributed by atoms with Gasteiger partial charge in [0, 0.05) is 19.4 Å². The van der Waals surface area contributed by atoms with Crippen LogP contribution in [-0.4, -0.2) is 19.2 Å². The summed E-state index contributed by atoms with van der Waals surface area (Å²) in [6.45, 7) is 5.17. The van der Waals surface area contributed by atoms with Crippen LogP contribution in [0.15, 0.2) is 0 Å². The first-order chi connectivity index (χ1) is 11.3. The summed E-state index contributed by atoms with van der Waals surface area (Å²) in [5, 5.41) is 2.59. The fraction of sp³-hybridized carbons (Fsp3) is 0.750. The molecular formula is C20H33NO2. The molecule has 23 heavy (non-hydrogen) atoms. The fourth-order valence-corrected chi connectivity index (χ4v) is 2.06. The van der Waals surface area contributed by atoms with Gasteiger partial charge in [0.05, 0.1) is 6.61 Å². The van der Waals surface area contributed by atoms with Crippen molar-refractivity contribution in [2.24, 2.45) is 0 Å². The summed E-state index contributed by atoms with van der Waals surface area (Å²) in [7, 11) is 0. The van der Waals surface area contributed by atoms with Crippen LogP contribution in [0.3, 0.4) is 0 Å². The Labute approximate surface area is 142 Å². The Balaban J connectivity index is 3.34. The molecule has 1 N–H and O–H groups in total. The highest BCUT2D eigenvalue weighted by Crippen LogP contribution is 2.07. The van der Waals surface area contributed by atoms with Gasteiger partial charge >= 0.3 is 6.09 Å². The third-order valence-electron chi connectivity index (χ3n) is 3.39. The lowest BCUT2D eigenvalue weighted by molar-refractivity contribution is 0.145. The highest BCUT2D eigenvalue weighted by atomic mass is 16.5. The molecule has 0 radical (unpaired) electrons. The Morgan fingerprint density at radius 3 is 2.00 bits per heavy atom. The minimum Gasteiger partial charge on any atom is -0.450 e. The Kier molecular flexibility index (Phi) is 17.1. The van der Waals surface area contributed by atoms with E-state index in [4.69, 9.17) is 4.74 Å². The third-order valence-corrected chi connectivity index (χ3v) is 3.39. The summed E-state index contributed by atoms with van der Waals surface area (Å²) in [5.41, 5.74) is 0. The molecule has 0 spiro atoms. The van der Waals surface area contributed by atoms with Crippen molar-refractivity contribution in [3.8, 4) is 23.7 Å². The standard InChI is InChI=1S/C20H33NO2/c1-3-5-6-7-8-9-10-11-12-13-14-15-16-17-18-19-23-20(22)21-4-2/h3-11,16-19H2,1-2H3,(H,21,22). The maximum Gasteiger partial charge on any atom is 0.407 e. The molecule has 0 aromatic rings. The van der Waals surface area contributed by atoms with Crippen LogP contribution in [0.5, 0.6) is 0 Å². The zero-order chi connectivity index (χ0) is 17.0. The molecule has 0 saturated carbocycles. The van der Waals surface area contributed by atoms with Crippen molar-refractivity contribution < 1.29 is 9.53 Å². The first-order valence-electron chi connectivity index (χ1n) is 9.17. The first-order valence-corrected chi connectivity index (χ1v) is 9.17. The van der Waals surface area contributed by atoms with Gasteiger partial charge in [0.2, 0.25) is 0 Å². The summed E-state index contributed by atoms with van der Waals surface area (Å²) in [6, 6.07) is 0. The molecule has 0 heterocycles. The number of ether oxygens (including phenoxy) is 1. The monoisotopic (exact) mass is 319 g/mol. The number of unbranched alkanes of at least 4 members (excludes halogenated alkanes) is 9. The molecule has 0 atom stereocenters. The van der Waals surface area contributed by atoms with Crippen LogP contribution in [0.1, 0.15) is 84.5 Å². The summed E-state index contributed by atoms with van der Waals surface area (Å²) < 4.78 is 4.97. The predicted molar refractivity (Wildman–Crippen MR) is 97.0 cm³/mol. The van der Waals surface area contributed by atoms with Crippen LogP contribution >= 0.6 is 0 Å². The minimum atomic E-state index is -0.338. The molecule has 0 bridgehead atoms.